The number of rotatable bonds is 6. The van der Waals surface area contributed by atoms with Gasteiger partial charge in [0.15, 0.2) is 0 Å². The largest absolute Gasteiger partial charge is 0.315 e. The van der Waals surface area contributed by atoms with Gasteiger partial charge >= 0.3 is 0 Å². The standard InChI is InChI=1S/C13H21BrN2/c1-10(2)15-7-6-11(3)8-13-5-4-12(14)9-16-13/h4-5,9-11,15H,6-8H2,1-3H3. The van der Waals surface area contributed by atoms with Crippen molar-refractivity contribution in [3.05, 3.63) is 28.5 Å². The molecular weight excluding hydrogens is 264 g/mol. The molecule has 0 fully saturated rings. The third kappa shape index (κ3) is 5.61. The summed E-state index contributed by atoms with van der Waals surface area (Å²) in [6, 6.07) is 4.73. The van der Waals surface area contributed by atoms with Crippen molar-refractivity contribution >= 4 is 15.9 Å². The summed E-state index contributed by atoms with van der Waals surface area (Å²) in [5, 5.41) is 3.44. The molecule has 2 nitrogen and oxygen atoms in total. The van der Waals surface area contributed by atoms with Gasteiger partial charge in [-0.15, -0.1) is 0 Å². The predicted octanol–water partition coefficient (Wildman–Crippen LogP) is 3.41. The minimum absolute atomic E-state index is 0.581. The summed E-state index contributed by atoms with van der Waals surface area (Å²) in [6.07, 6.45) is 4.14. The topological polar surface area (TPSA) is 24.9 Å². The number of nitrogens with one attached hydrogen (secondary N) is 1. The highest BCUT2D eigenvalue weighted by Gasteiger charge is 2.05. The van der Waals surface area contributed by atoms with Crippen LogP contribution in [0.2, 0.25) is 0 Å². The van der Waals surface area contributed by atoms with Gasteiger partial charge in [-0.3, -0.25) is 4.98 Å². The van der Waals surface area contributed by atoms with Crippen molar-refractivity contribution in [1.29, 1.82) is 0 Å². The third-order valence-electron chi connectivity index (χ3n) is 2.54. The van der Waals surface area contributed by atoms with E-state index in [9.17, 15) is 0 Å². The molecule has 0 saturated heterocycles. The van der Waals surface area contributed by atoms with Gasteiger partial charge in [-0.1, -0.05) is 20.8 Å². The minimum Gasteiger partial charge on any atom is -0.315 e. The molecule has 90 valence electrons. The van der Waals surface area contributed by atoms with Crippen LogP contribution in [0.5, 0.6) is 0 Å². The molecule has 0 aliphatic heterocycles. The van der Waals surface area contributed by atoms with E-state index in [1.54, 1.807) is 0 Å². The summed E-state index contributed by atoms with van der Waals surface area (Å²) in [7, 11) is 0. The van der Waals surface area contributed by atoms with Crippen molar-refractivity contribution in [2.24, 2.45) is 5.92 Å². The summed E-state index contributed by atoms with van der Waals surface area (Å²) in [5.41, 5.74) is 1.18. The Morgan fingerprint density at radius 2 is 2.06 bits per heavy atom. The minimum atomic E-state index is 0.581. The summed E-state index contributed by atoms with van der Waals surface area (Å²) in [6.45, 7) is 7.74. The van der Waals surface area contributed by atoms with Crippen LogP contribution in [-0.2, 0) is 6.42 Å². The second-order valence-electron chi connectivity index (χ2n) is 4.67. The fraction of sp³-hybridized carbons (Fsp3) is 0.615. The van der Waals surface area contributed by atoms with Crippen LogP contribution in [0.4, 0.5) is 0 Å². The number of nitrogens with zero attached hydrogens (tertiary/aromatic N) is 1. The fourth-order valence-corrected chi connectivity index (χ4v) is 1.84. The highest BCUT2D eigenvalue weighted by atomic mass is 79.9. The lowest BCUT2D eigenvalue weighted by Gasteiger charge is -2.13. The molecule has 0 bridgehead atoms. The van der Waals surface area contributed by atoms with Gasteiger partial charge in [-0.05, 0) is 53.4 Å². The fourth-order valence-electron chi connectivity index (χ4n) is 1.60. The Morgan fingerprint density at radius 3 is 2.62 bits per heavy atom. The zero-order valence-corrected chi connectivity index (χ0v) is 11.9. The van der Waals surface area contributed by atoms with Crippen molar-refractivity contribution < 1.29 is 0 Å². The molecular formula is C13H21BrN2. The first kappa shape index (κ1) is 13.7. The first-order chi connectivity index (χ1) is 7.58. The van der Waals surface area contributed by atoms with Gasteiger partial charge in [0.05, 0.1) is 0 Å². The van der Waals surface area contributed by atoms with Crippen LogP contribution in [0.1, 0.15) is 32.9 Å². The predicted molar refractivity (Wildman–Crippen MR) is 72.6 cm³/mol. The molecule has 3 heteroatoms. The van der Waals surface area contributed by atoms with Crippen molar-refractivity contribution in [2.45, 2.75) is 39.7 Å². The van der Waals surface area contributed by atoms with Crippen LogP contribution >= 0.6 is 15.9 Å². The van der Waals surface area contributed by atoms with Gasteiger partial charge in [-0.2, -0.15) is 0 Å². The first-order valence-corrected chi connectivity index (χ1v) is 6.71. The van der Waals surface area contributed by atoms with Crippen LogP contribution in [0, 0.1) is 5.92 Å². The van der Waals surface area contributed by atoms with Crippen LogP contribution in [0.15, 0.2) is 22.8 Å². The Hall–Kier alpha value is -0.410. The summed E-state index contributed by atoms with van der Waals surface area (Å²) in [5.74, 6) is 0.680. The summed E-state index contributed by atoms with van der Waals surface area (Å²) in [4.78, 5) is 4.39. The molecule has 0 aromatic carbocycles. The van der Waals surface area contributed by atoms with E-state index in [4.69, 9.17) is 0 Å². The third-order valence-corrected chi connectivity index (χ3v) is 3.01. The average molecular weight is 285 g/mol. The lowest BCUT2D eigenvalue weighted by Crippen LogP contribution is -2.25. The molecule has 1 N–H and O–H groups in total. The van der Waals surface area contributed by atoms with E-state index in [2.05, 4.69) is 59.1 Å². The highest BCUT2D eigenvalue weighted by molar-refractivity contribution is 9.10. The molecule has 0 aliphatic rings. The number of pyridine rings is 1. The molecule has 16 heavy (non-hydrogen) atoms. The Kier molecular flexibility index (Phi) is 5.99. The molecule has 0 spiro atoms. The second-order valence-corrected chi connectivity index (χ2v) is 5.59. The van der Waals surface area contributed by atoms with E-state index < -0.39 is 0 Å². The van der Waals surface area contributed by atoms with E-state index in [-0.39, 0.29) is 0 Å². The lowest BCUT2D eigenvalue weighted by atomic mass is 10.0. The van der Waals surface area contributed by atoms with Crippen LogP contribution in [0.25, 0.3) is 0 Å². The zero-order chi connectivity index (χ0) is 12.0. The van der Waals surface area contributed by atoms with Gasteiger partial charge in [0, 0.05) is 22.4 Å². The molecule has 0 saturated carbocycles. The average Bonchev–Trinajstić information content (AvgIpc) is 2.21. The molecule has 0 aliphatic carbocycles. The number of hydrogen-bond acceptors (Lipinski definition) is 2. The summed E-state index contributed by atoms with van der Waals surface area (Å²) >= 11 is 3.40. The van der Waals surface area contributed by atoms with Crippen molar-refractivity contribution in [3.63, 3.8) is 0 Å². The molecule has 1 aromatic rings. The second kappa shape index (κ2) is 7.02. The van der Waals surface area contributed by atoms with Crippen molar-refractivity contribution in [2.75, 3.05) is 6.54 Å². The zero-order valence-electron chi connectivity index (χ0n) is 10.3. The maximum Gasteiger partial charge on any atom is 0.0413 e. The van der Waals surface area contributed by atoms with Crippen molar-refractivity contribution in [1.82, 2.24) is 10.3 Å². The Morgan fingerprint density at radius 1 is 1.31 bits per heavy atom. The van der Waals surface area contributed by atoms with Crippen LogP contribution < -0.4 is 5.32 Å². The maximum atomic E-state index is 4.39. The molecule has 1 unspecified atom stereocenters. The molecule has 0 amide bonds. The quantitative estimate of drug-likeness (QED) is 0.866. The Bertz CT molecular complexity index is 295. The Labute approximate surface area is 107 Å². The monoisotopic (exact) mass is 284 g/mol. The van der Waals surface area contributed by atoms with Crippen LogP contribution in [0.3, 0.4) is 0 Å². The number of hydrogen-bond donors (Lipinski definition) is 1. The van der Waals surface area contributed by atoms with E-state index in [1.165, 1.54) is 12.1 Å². The van der Waals surface area contributed by atoms with Gasteiger partial charge in [0.2, 0.25) is 0 Å². The van der Waals surface area contributed by atoms with E-state index in [1.807, 2.05) is 6.20 Å². The van der Waals surface area contributed by atoms with Gasteiger partial charge < -0.3 is 5.32 Å². The maximum absolute atomic E-state index is 4.39. The smallest absolute Gasteiger partial charge is 0.0413 e. The summed E-state index contributed by atoms with van der Waals surface area (Å²) < 4.78 is 1.05. The van der Waals surface area contributed by atoms with E-state index >= 15 is 0 Å². The highest BCUT2D eigenvalue weighted by Crippen LogP contribution is 2.12. The molecule has 0 radical (unpaired) electrons. The van der Waals surface area contributed by atoms with Crippen LogP contribution in [-0.4, -0.2) is 17.6 Å². The first-order valence-electron chi connectivity index (χ1n) is 5.91. The van der Waals surface area contributed by atoms with Gasteiger partial charge in [0.1, 0.15) is 0 Å². The number of aromatic nitrogens is 1. The Balaban J connectivity index is 2.28. The van der Waals surface area contributed by atoms with E-state index in [0.717, 1.165) is 17.4 Å². The molecule has 1 rings (SSSR count). The van der Waals surface area contributed by atoms with Gasteiger partial charge in [0.25, 0.3) is 0 Å². The lowest BCUT2D eigenvalue weighted by molar-refractivity contribution is 0.473. The molecule has 1 atom stereocenters. The number of halogens is 1. The van der Waals surface area contributed by atoms with Crippen molar-refractivity contribution in [3.8, 4) is 0 Å². The molecule has 1 aromatic heterocycles. The van der Waals surface area contributed by atoms with E-state index in [0.29, 0.717) is 12.0 Å². The SMILES string of the molecule is CC(CCNC(C)C)Cc1ccc(Br)cn1. The molecule has 1 heterocycles. The van der Waals surface area contributed by atoms with Gasteiger partial charge in [-0.25, -0.2) is 0 Å². The normalized spacial score (nSPS) is 13.1.